The van der Waals surface area contributed by atoms with E-state index in [4.69, 9.17) is 4.74 Å². The van der Waals surface area contributed by atoms with Crippen molar-refractivity contribution in [2.24, 2.45) is 13.0 Å². The van der Waals surface area contributed by atoms with E-state index < -0.39 is 22.2 Å². The van der Waals surface area contributed by atoms with Crippen LogP contribution in [0.1, 0.15) is 19.4 Å². The number of ether oxygens (including phenoxy) is 1. The summed E-state index contributed by atoms with van der Waals surface area (Å²) >= 11 is 0. The summed E-state index contributed by atoms with van der Waals surface area (Å²) in [5.41, 5.74) is 1.40. The Kier molecular flexibility index (Phi) is 9.30. The minimum Gasteiger partial charge on any atom is -0.488 e. The Balaban J connectivity index is 1.41. The summed E-state index contributed by atoms with van der Waals surface area (Å²) in [5, 5.41) is 14.7. The molecule has 0 spiro atoms. The Labute approximate surface area is 262 Å². The molecular weight excluding hydrogens is 596 g/mol. The number of nitrogens with one attached hydrogen (secondary N) is 2. The number of imidazole rings is 1. The number of aryl methyl sites for hydroxylation is 1. The lowest BCUT2D eigenvalue weighted by Crippen LogP contribution is -2.48. The zero-order valence-electron chi connectivity index (χ0n) is 25.7. The van der Waals surface area contributed by atoms with Crippen LogP contribution < -0.4 is 14.8 Å². The number of hydrogen-bond donors (Lipinski definition) is 3. The molecule has 0 unspecified atom stereocenters. The van der Waals surface area contributed by atoms with Crippen LogP contribution in [0.15, 0.2) is 78.2 Å². The van der Waals surface area contributed by atoms with Gasteiger partial charge in [0.05, 0.1) is 37.6 Å². The second-order valence-corrected chi connectivity index (χ2v) is 13.2. The van der Waals surface area contributed by atoms with Gasteiger partial charge in [-0.1, -0.05) is 43.3 Å². The minimum absolute atomic E-state index is 0.0737. The predicted molar refractivity (Wildman–Crippen MR) is 172 cm³/mol. The van der Waals surface area contributed by atoms with E-state index in [1.54, 1.807) is 44.1 Å². The standard InChI is InChI=1S/C32H38N6O6S/c1-21-16-38(22(2)19-39)31(40)15-24-14-25(35-45(42,43)30-18-36(3)20-33-30)12-13-28(24)44-29(21)17-37(4)32(41)34-27-11-7-9-23-8-5-6-10-26(23)27/h5-14,18,20-22,29,35,39H,15-17,19H2,1-4H3,(H,34,41)/t21-,22-,29+/m0/s1. The number of likely N-dealkylation sites (N-methyl/N-ethyl adjacent to an activating group) is 1. The smallest absolute Gasteiger partial charge is 0.321 e. The molecule has 45 heavy (non-hydrogen) atoms. The number of nitrogens with zero attached hydrogens (tertiary/aromatic N) is 4. The molecule has 3 amide bonds. The fourth-order valence-corrected chi connectivity index (χ4v) is 6.38. The van der Waals surface area contributed by atoms with Crippen molar-refractivity contribution in [3.63, 3.8) is 0 Å². The van der Waals surface area contributed by atoms with Crippen molar-refractivity contribution >= 4 is 44.1 Å². The van der Waals surface area contributed by atoms with Crippen LogP contribution in [0.25, 0.3) is 10.8 Å². The number of urea groups is 1. The number of hydrogen-bond acceptors (Lipinski definition) is 7. The molecule has 5 rings (SSSR count). The minimum atomic E-state index is -3.97. The summed E-state index contributed by atoms with van der Waals surface area (Å²) in [6, 6.07) is 17.5. The van der Waals surface area contributed by atoms with Gasteiger partial charge in [-0.05, 0) is 36.6 Å². The summed E-state index contributed by atoms with van der Waals surface area (Å²) in [6.45, 7) is 3.96. The molecule has 238 valence electrons. The number of sulfonamides is 1. The van der Waals surface area contributed by atoms with E-state index in [2.05, 4.69) is 15.0 Å². The molecule has 0 fully saturated rings. The van der Waals surface area contributed by atoms with Crippen molar-refractivity contribution in [3.05, 3.63) is 78.8 Å². The van der Waals surface area contributed by atoms with Crippen LogP contribution in [0.4, 0.5) is 16.2 Å². The van der Waals surface area contributed by atoms with Gasteiger partial charge in [0.15, 0.2) is 5.03 Å². The van der Waals surface area contributed by atoms with Crippen LogP contribution in [0, 0.1) is 5.92 Å². The first-order chi connectivity index (χ1) is 21.4. The highest BCUT2D eigenvalue weighted by Crippen LogP contribution is 2.30. The van der Waals surface area contributed by atoms with E-state index in [1.165, 1.54) is 22.0 Å². The van der Waals surface area contributed by atoms with Gasteiger partial charge < -0.3 is 29.5 Å². The molecule has 3 N–H and O–H groups in total. The monoisotopic (exact) mass is 634 g/mol. The van der Waals surface area contributed by atoms with Gasteiger partial charge in [-0.2, -0.15) is 8.42 Å². The van der Waals surface area contributed by atoms with Gasteiger partial charge in [0.25, 0.3) is 10.0 Å². The van der Waals surface area contributed by atoms with Crippen molar-refractivity contribution < 1.29 is 27.9 Å². The van der Waals surface area contributed by atoms with Crippen molar-refractivity contribution in [3.8, 4) is 5.75 Å². The summed E-state index contributed by atoms with van der Waals surface area (Å²) in [6.07, 6.45) is 2.17. The number of anilines is 2. The van der Waals surface area contributed by atoms with Crippen molar-refractivity contribution in [2.45, 2.75) is 37.4 Å². The fourth-order valence-electron chi connectivity index (χ4n) is 5.34. The van der Waals surface area contributed by atoms with E-state index in [0.717, 1.165) is 10.8 Å². The molecule has 3 atom stereocenters. The Hall–Kier alpha value is -4.62. The molecule has 1 aliphatic rings. The summed E-state index contributed by atoms with van der Waals surface area (Å²) in [4.78, 5) is 34.0. The number of aliphatic hydroxyl groups is 1. The van der Waals surface area contributed by atoms with Gasteiger partial charge in [-0.25, -0.2) is 9.78 Å². The normalized spacial score (nSPS) is 17.8. The fraction of sp³-hybridized carbons (Fsp3) is 0.344. The lowest BCUT2D eigenvalue weighted by atomic mass is 10.0. The molecule has 0 radical (unpaired) electrons. The van der Waals surface area contributed by atoms with Gasteiger partial charge >= 0.3 is 6.03 Å². The average Bonchev–Trinajstić information content (AvgIpc) is 3.48. The average molecular weight is 635 g/mol. The SMILES string of the molecule is C[C@H]1CN([C@@H](C)CO)C(=O)Cc2cc(NS(=O)(=O)c3cn(C)cn3)ccc2O[C@@H]1CN(C)C(=O)Nc1cccc2ccccc12. The number of amides is 3. The predicted octanol–water partition coefficient (Wildman–Crippen LogP) is 3.69. The highest BCUT2D eigenvalue weighted by Gasteiger charge is 2.32. The number of rotatable bonds is 8. The summed E-state index contributed by atoms with van der Waals surface area (Å²) in [7, 11) is -0.621. The van der Waals surface area contributed by atoms with Gasteiger partial charge in [-0.3, -0.25) is 9.52 Å². The van der Waals surface area contributed by atoms with Crippen LogP contribution in [0.5, 0.6) is 5.75 Å². The molecule has 0 saturated heterocycles. The maximum absolute atomic E-state index is 13.5. The number of benzene rings is 3. The van der Waals surface area contributed by atoms with Crippen LogP contribution in [-0.4, -0.2) is 83.7 Å². The van der Waals surface area contributed by atoms with Crippen LogP contribution in [0.2, 0.25) is 0 Å². The molecule has 1 aliphatic heterocycles. The Morgan fingerprint density at radius 2 is 1.93 bits per heavy atom. The lowest BCUT2D eigenvalue weighted by Gasteiger charge is -2.34. The molecule has 0 aliphatic carbocycles. The number of carbonyl (C=O) groups is 2. The summed E-state index contributed by atoms with van der Waals surface area (Å²) < 4.78 is 36.4. The Bertz CT molecular complexity index is 1800. The van der Waals surface area contributed by atoms with Crippen molar-refractivity contribution in [1.29, 1.82) is 0 Å². The molecular formula is C32H38N6O6S. The number of aliphatic hydroxyl groups excluding tert-OH is 1. The highest BCUT2D eigenvalue weighted by molar-refractivity contribution is 7.92. The Morgan fingerprint density at radius 3 is 2.67 bits per heavy atom. The zero-order chi connectivity index (χ0) is 32.3. The second-order valence-electron chi connectivity index (χ2n) is 11.5. The van der Waals surface area contributed by atoms with Crippen molar-refractivity contribution in [2.75, 3.05) is 36.8 Å². The number of carbonyl (C=O) groups excluding carboxylic acids is 2. The molecule has 3 aromatic carbocycles. The highest BCUT2D eigenvalue weighted by atomic mass is 32.2. The van der Waals surface area contributed by atoms with E-state index in [-0.39, 0.29) is 54.7 Å². The van der Waals surface area contributed by atoms with Crippen LogP contribution in [-0.2, 0) is 28.3 Å². The van der Waals surface area contributed by atoms with Crippen LogP contribution >= 0.6 is 0 Å². The quantitative estimate of drug-likeness (QED) is 0.268. The third kappa shape index (κ3) is 7.21. The maximum Gasteiger partial charge on any atom is 0.321 e. The first-order valence-electron chi connectivity index (χ1n) is 14.7. The molecule has 13 heteroatoms. The van der Waals surface area contributed by atoms with E-state index in [1.807, 2.05) is 49.4 Å². The van der Waals surface area contributed by atoms with E-state index in [0.29, 0.717) is 17.0 Å². The zero-order valence-corrected chi connectivity index (χ0v) is 26.5. The largest absolute Gasteiger partial charge is 0.488 e. The first-order valence-corrected chi connectivity index (χ1v) is 16.1. The molecule has 12 nitrogen and oxygen atoms in total. The molecule has 0 saturated carbocycles. The summed E-state index contributed by atoms with van der Waals surface area (Å²) in [5.74, 6) is -0.0629. The lowest BCUT2D eigenvalue weighted by molar-refractivity contribution is -0.134. The Morgan fingerprint density at radius 1 is 1.18 bits per heavy atom. The number of aromatic nitrogens is 2. The van der Waals surface area contributed by atoms with Gasteiger partial charge in [0.1, 0.15) is 11.9 Å². The topological polar surface area (TPSA) is 146 Å². The van der Waals surface area contributed by atoms with Gasteiger partial charge in [-0.15, -0.1) is 0 Å². The molecule has 0 bridgehead atoms. The van der Waals surface area contributed by atoms with Crippen LogP contribution in [0.3, 0.4) is 0 Å². The van der Waals surface area contributed by atoms with Gasteiger partial charge in [0, 0.05) is 49.4 Å². The first kappa shape index (κ1) is 31.8. The van der Waals surface area contributed by atoms with Gasteiger partial charge in [0.2, 0.25) is 5.91 Å². The van der Waals surface area contributed by atoms with E-state index in [9.17, 15) is 23.1 Å². The number of fused-ring (bicyclic) bond motifs is 2. The third-order valence-electron chi connectivity index (χ3n) is 7.96. The molecule has 2 heterocycles. The maximum atomic E-state index is 13.5. The second kappa shape index (κ2) is 13.2. The molecule has 4 aromatic rings. The third-order valence-corrected chi connectivity index (χ3v) is 9.22. The van der Waals surface area contributed by atoms with E-state index >= 15 is 0 Å². The molecule has 1 aromatic heterocycles. The van der Waals surface area contributed by atoms with Crippen molar-refractivity contribution in [1.82, 2.24) is 19.4 Å².